The molecule has 0 spiro atoms. The number of sulfonamides is 1. The van der Waals surface area contributed by atoms with E-state index in [0.717, 1.165) is 11.8 Å². The largest absolute Gasteiger partial charge is 0.449 e. The van der Waals surface area contributed by atoms with Gasteiger partial charge in [-0.1, -0.05) is 23.8 Å². The summed E-state index contributed by atoms with van der Waals surface area (Å²) in [5.41, 5.74) is 1.00. The van der Waals surface area contributed by atoms with Crippen molar-refractivity contribution in [2.24, 2.45) is 0 Å². The summed E-state index contributed by atoms with van der Waals surface area (Å²) in [6, 6.07) is 12.0. The first-order chi connectivity index (χ1) is 13.5. The summed E-state index contributed by atoms with van der Waals surface area (Å²) in [5.74, 6) is -2.20. The zero-order chi connectivity index (χ0) is 21.2. The number of alkyl halides is 3. The lowest BCUT2D eigenvalue weighted by molar-refractivity contribution is -0.144. The number of H-pyrrole nitrogens is 1. The molecule has 3 rings (SSSR count). The van der Waals surface area contributed by atoms with Crippen molar-refractivity contribution in [2.75, 3.05) is 10.0 Å². The summed E-state index contributed by atoms with van der Waals surface area (Å²) in [6.07, 6.45) is -3.97. The number of aromatic amines is 1. The monoisotopic (exact) mass is 424 g/mol. The Hall–Kier alpha value is -3.34. The van der Waals surface area contributed by atoms with Crippen LogP contribution in [0.2, 0.25) is 0 Å². The minimum Gasteiger partial charge on any atom is -0.330 e. The Kier molecular flexibility index (Phi) is 5.33. The van der Waals surface area contributed by atoms with Gasteiger partial charge in [0.05, 0.1) is 11.1 Å². The van der Waals surface area contributed by atoms with Gasteiger partial charge in [-0.25, -0.2) is 13.4 Å². The van der Waals surface area contributed by atoms with E-state index in [1.807, 2.05) is 11.9 Å². The molecule has 0 aliphatic carbocycles. The number of amides is 1. The van der Waals surface area contributed by atoms with Crippen LogP contribution >= 0.6 is 0 Å². The highest BCUT2D eigenvalue weighted by atomic mass is 32.2. The van der Waals surface area contributed by atoms with E-state index in [9.17, 15) is 26.4 Å². The van der Waals surface area contributed by atoms with Gasteiger partial charge in [0.1, 0.15) is 5.69 Å². The molecule has 0 atom stereocenters. The van der Waals surface area contributed by atoms with Crippen molar-refractivity contribution in [1.82, 2.24) is 9.97 Å². The van der Waals surface area contributed by atoms with Crippen molar-refractivity contribution in [3.63, 3.8) is 0 Å². The number of nitrogens with zero attached hydrogens (tertiary/aromatic N) is 1. The average molecular weight is 424 g/mol. The van der Waals surface area contributed by atoms with Gasteiger partial charge in [-0.2, -0.15) is 13.2 Å². The van der Waals surface area contributed by atoms with E-state index in [0.29, 0.717) is 5.69 Å². The van der Waals surface area contributed by atoms with Crippen molar-refractivity contribution < 1.29 is 26.4 Å². The van der Waals surface area contributed by atoms with Crippen molar-refractivity contribution in [2.45, 2.75) is 18.0 Å². The van der Waals surface area contributed by atoms with Gasteiger partial charge in [0, 0.05) is 11.4 Å². The van der Waals surface area contributed by atoms with Crippen LogP contribution in [-0.2, 0) is 16.2 Å². The summed E-state index contributed by atoms with van der Waals surface area (Å²) in [4.78, 5) is 17.0. The molecule has 3 N–H and O–H groups in total. The molecule has 0 aliphatic heterocycles. The molecule has 0 saturated carbocycles. The van der Waals surface area contributed by atoms with Crippen molar-refractivity contribution >= 4 is 27.3 Å². The highest BCUT2D eigenvalue weighted by Crippen LogP contribution is 2.26. The van der Waals surface area contributed by atoms with E-state index in [1.54, 1.807) is 24.3 Å². The molecule has 11 heteroatoms. The van der Waals surface area contributed by atoms with Gasteiger partial charge in [0.25, 0.3) is 15.9 Å². The van der Waals surface area contributed by atoms with Gasteiger partial charge in [-0.05, 0) is 37.3 Å². The second kappa shape index (κ2) is 7.59. The molecule has 0 radical (unpaired) electrons. The molecule has 0 saturated heterocycles. The normalized spacial score (nSPS) is 11.9. The Labute approximate surface area is 164 Å². The fourth-order valence-corrected chi connectivity index (χ4v) is 3.46. The molecular weight excluding hydrogens is 409 g/mol. The van der Waals surface area contributed by atoms with Gasteiger partial charge in [-0.15, -0.1) is 0 Å². The first-order valence-electron chi connectivity index (χ1n) is 8.18. The highest BCUT2D eigenvalue weighted by molar-refractivity contribution is 7.92. The number of imidazole rings is 1. The fourth-order valence-electron chi connectivity index (χ4n) is 2.36. The van der Waals surface area contributed by atoms with Crippen LogP contribution in [-0.4, -0.2) is 24.3 Å². The van der Waals surface area contributed by atoms with Crippen molar-refractivity contribution in [3.05, 3.63) is 71.8 Å². The summed E-state index contributed by atoms with van der Waals surface area (Å²) in [5, 5.41) is 2.34. The quantitative estimate of drug-likeness (QED) is 0.580. The number of benzene rings is 2. The van der Waals surface area contributed by atoms with Crippen LogP contribution in [0, 0.1) is 6.92 Å². The number of aromatic nitrogens is 2. The molecule has 0 fully saturated rings. The predicted molar refractivity (Wildman–Crippen MR) is 100.0 cm³/mol. The molecule has 29 heavy (non-hydrogen) atoms. The first-order valence-corrected chi connectivity index (χ1v) is 9.66. The molecule has 3 aromatic rings. The zero-order valence-electron chi connectivity index (χ0n) is 14.9. The first kappa shape index (κ1) is 20.4. The smallest absolute Gasteiger partial charge is 0.330 e. The SMILES string of the molecule is Cc1ccc(NS(=O)(=O)c2cccc(NC(=O)c3cnc(C(F)(F)F)[nH]3)c2)cc1. The molecule has 2 aromatic carbocycles. The lowest BCUT2D eigenvalue weighted by Crippen LogP contribution is -2.15. The van der Waals surface area contributed by atoms with Crippen LogP contribution in [0.5, 0.6) is 0 Å². The average Bonchev–Trinajstić information content (AvgIpc) is 3.14. The van der Waals surface area contributed by atoms with E-state index in [-0.39, 0.29) is 10.6 Å². The van der Waals surface area contributed by atoms with Crippen LogP contribution in [0.4, 0.5) is 24.5 Å². The van der Waals surface area contributed by atoms with Crippen molar-refractivity contribution in [1.29, 1.82) is 0 Å². The number of rotatable bonds is 5. The molecule has 0 bridgehead atoms. The second-order valence-electron chi connectivity index (χ2n) is 6.10. The molecule has 0 aliphatic rings. The molecule has 1 amide bonds. The molecule has 7 nitrogen and oxygen atoms in total. The zero-order valence-corrected chi connectivity index (χ0v) is 15.7. The maximum Gasteiger partial charge on any atom is 0.449 e. The number of carbonyl (C=O) groups excluding carboxylic acids is 1. The summed E-state index contributed by atoms with van der Waals surface area (Å²) >= 11 is 0. The maximum absolute atomic E-state index is 12.6. The third-order valence-electron chi connectivity index (χ3n) is 3.79. The lowest BCUT2D eigenvalue weighted by Gasteiger charge is -2.10. The Morgan fingerprint density at radius 3 is 2.38 bits per heavy atom. The number of hydrogen-bond acceptors (Lipinski definition) is 4. The Balaban J connectivity index is 1.77. The standard InChI is InChI=1S/C18H15F3N4O3S/c1-11-5-7-12(8-6-11)25-29(27,28)14-4-2-3-13(9-14)23-16(26)15-10-22-17(24-15)18(19,20)21/h2-10,25H,1H3,(H,22,24)(H,23,26). The predicted octanol–water partition coefficient (Wildman–Crippen LogP) is 3.79. The molecule has 1 aromatic heterocycles. The van der Waals surface area contributed by atoms with Crippen LogP contribution in [0.25, 0.3) is 0 Å². The third kappa shape index (κ3) is 4.93. The highest BCUT2D eigenvalue weighted by Gasteiger charge is 2.35. The molecule has 0 unspecified atom stereocenters. The van der Waals surface area contributed by atoms with E-state index >= 15 is 0 Å². The molecule has 1 heterocycles. The Morgan fingerprint density at radius 1 is 1.07 bits per heavy atom. The molecular formula is C18H15F3N4O3S. The lowest BCUT2D eigenvalue weighted by atomic mass is 10.2. The second-order valence-corrected chi connectivity index (χ2v) is 7.78. The van der Waals surface area contributed by atoms with Gasteiger partial charge in [0.2, 0.25) is 5.82 Å². The summed E-state index contributed by atoms with van der Waals surface area (Å²) < 4.78 is 65.2. The van der Waals surface area contributed by atoms with Gasteiger partial charge in [0.15, 0.2) is 0 Å². The van der Waals surface area contributed by atoms with Gasteiger partial charge >= 0.3 is 6.18 Å². The van der Waals surface area contributed by atoms with E-state index in [1.165, 1.54) is 24.3 Å². The number of hydrogen-bond donors (Lipinski definition) is 3. The van der Waals surface area contributed by atoms with Gasteiger partial charge in [-0.3, -0.25) is 9.52 Å². The number of aryl methyl sites for hydroxylation is 1. The van der Waals surface area contributed by atoms with E-state index in [2.05, 4.69) is 15.0 Å². The molecule has 152 valence electrons. The van der Waals surface area contributed by atoms with E-state index < -0.39 is 33.6 Å². The number of carbonyl (C=O) groups is 1. The van der Waals surface area contributed by atoms with Crippen LogP contribution in [0.15, 0.2) is 59.6 Å². The van der Waals surface area contributed by atoms with Crippen LogP contribution in [0.1, 0.15) is 21.9 Å². The summed E-state index contributed by atoms with van der Waals surface area (Å²) in [7, 11) is -3.93. The number of halogens is 3. The topological polar surface area (TPSA) is 104 Å². The third-order valence-corrected chi connectivity index (χ3v) is 5.17. The van der Waals surface area contributed by atoms with Crippen LogP contribution < -0.4 is 10.0 Å². The Bertz CT molecular complexity index is 1140. The number of nitrogens with one attached hydrogen (secondary N) is 3. The summed E-state index contributed by atoms with van der Waals surface area (Å²) in [6.45, 7) is 1.86. The minimum absolute atomic E-state index is 0.0879. The minimum atomic E-state index is -4.71. The van der Waals surface area contributed by atoms with E-state index in [4.69, 9.17) is 0 Å². The Morgan fingerprint density at radius 2 is 1.76 bits per heavy atom. The maximum atomic E-state index is 12.6. The fraction of sp³-hybridized carbons (Fsp3) is 0.111. The van der Waals surface area contributed by atoms with Crippen LogP contribution in [0.3, 0.4) is 0 Å². The van der Waals surface area contributed by atoms with Crippen molar-refractivity contribution in [3.8, 4) is 0 Å². The van der Waals surface area contributed by atoms with Gasteiger partial charge < -0.3 is 10.3 Å². The number of anilines is 2.